The number of aliphatic hydroxyl groups excluding tert-OH is 1. The smallest absolute Gasteiger partial charge is 0.345 e. The van der Waals surface area contributed by atoms with Gasteiger partial charge < -0.3 is 135 Å². The number of hydrogen-bond donors (Lipinski definition) is 20. The van der Waals surface area contributed by atoms with Crippen LogP contribution in [0.2, 0.25) is 0 Å². The maximum absolute atomic E-state index is 16.1. The van der Waals surface area contributed by atoms with Gasteiger partial charge in [-0.1, -0.05) is 0 Å². The predicted octanol–water partition coefficient (Wildman–Crippen LogP) is 4.21. The summed E-state index contributed by atoms with van der Waals surface area (Å²) in [5.41, 5.74) is -34.2. The van der Waals surface area contributed by atoms with Gasteiger partial charge in [0, 0.05) is 38.6 Å². The van der Waals surface area contributed by atoms with Crippen LogP contribution in [0.25, 0.3) is 55.0 Å². The third kappa shape index (κ3) is 8.27. The standard InChI is InChI=1S/C59H42O34/c1-56(90-49(80)13-5-18(60)34(67)19(61)6-13)12-87-51(82)15-9-22(64)36(69)39(72)25(15)28-32-30-31-33(55(86)89-46(30)44(77)42(28)75)29(43(76)45(78)47(31)88-54(32)85)26-16(10-23(65)37(70)40(26)73)53(84)93-58(56,3)59(4,92-50(81)14-7-20(62)35(68)21(63)8-14)57(2)48(79)27-17(52(83)91-57)11-24(66)38(71)41(27)74/h5-11,48,60-79H,12H2,1-4H3. The van der Waals surface area contributed by atoms with Crippen LogP contribution in [0.4, 0.5) is 0 Å². The Morgan fingerprint density at radius 1 is 0.441 bits per heavy atom. The molecule has 34 heteroatoms. The summed E-state index contributed by atoms with van der Waals surface area (Å²) in [6.07, 6.45) is -2.97. The average Bonchev–Trinajstić information content (AvgIpc) is 0.919. The van der Waals surface area contributed by atoms with Crippen molar-refractivity contribution in [2.75, 3.05) is 6.61 Å². The van der Waals surface area contributed by atoms with Gasteiger partial charge >= 0.3 is 41.1 Å². The fourth-order valence-electron chi connectivity index (χ4n) is 11.5. The summed E-state index contributed by atoms with van der Waals surface area (Å²) in [7, 11) is 0. The lowest BCUT2D eigenvalue weighted by Crippen LogP contribution is -2.78. The van der Waals surface area contributed by atoms with Gasteiger partial charge in [-0.15, -0.1) is 0 Å². The minimum Gasteiger partial charge on any atom is -0.504 e. The molecule has 0 amide bonds. The zero-order valence-electron chi connectivity index (χ0n) is 47.0. The van der Waals surface area contributed by atoms with E-state index in [-0.39, 0.29) is 12.1 Å². The van der Waals surface area contributed by atoms with Crippen LogP contribution in [0.3, 0.4) is 0 Å². The van der Waals surface area contributed by atoms with Gasteiger partial charge in [0.2, 0.25) is 28.7 Å². The Labute approximate surface area is 510 Å². The highest BCUT2D eigenvalue weighted by molar-refractivity contribution is 6.29. The van der Waals surface area contributed by atoms with Crippen molar-refractivity contribution in [3.63, 3.8) is 0 Å². The first-order valence-corrected chi connectivity index (χ1v) is 26.1. The van der Waals surface area contributed by atoms with Gasteiger partial charge in [0.1, 0.15) is 12.7 Å². The number of fused-ring (bicyclic) bond motifs is 5. The van der Waals surface area contributed by atoms with E-state index >= 15 is 19.2 Å². The Hall–Kier alpha value is -13.0. The number of hydrogen-bond acceptors (Lipinski definition) is 34. The molecule has 9 aromatic rings. The molecule has 7 aromatic carbocycles. The lowest BCUT2D eigenvalue weighted by atomic mass is 9.62. The Bertz CT molecular complexity index is 5010. The van der Waals surface area contributed by atoms with E-state index in [2.05, 4.69) is 0 Å². The molecule has 482 valence electrons. The zero-order valence-corrected chi connectivity index (χ0v) is 47.0. The molecule has 0 saturated carbocycles. The number of carbonyl (C=O) groups is 5. The Morgan fingerprint density at radius 3 is 1.25 bits per heavy atom. The quantitative estimate of drug-likeness (QED) is 0.0364. The summed E-state index contributed by atoms with van der Waals surface area (Å²) in [4.78, 5) is 105. The summed E-state index contributed by atoms with van der Waals surface area (Å²) in [6, 6.07) is 2.39. The molecule has 2 aromatic heterocycles. The third-order valence-corrected chi connectivity index (χ3v) is 16.8. The third-order valence-electron chi connectivity index (χ3n) is 16.8. The summed E-state index contributed by atoms with van der Waals surface area (Å²) >= 11 is 0. The molecule has 0 fully saturated rings. The van der Waals surface area contributed by atoms with Crippen molar-refractivity contribution in [1.82, 2.24) is 0 Å². The number of cyclic esters (lactones) is 3. The molecule has 0 spiro atoms. The molecule has 5 atom stereocenters. The van der Waals surface area contributed by atoms with E-state index in [4.69, 9.17) is 32.5 Å². The fourth-order valence-corrected chi connectivity index (χ4v) is 11.5. The van der Waals surface area contributed by atoms with Gasteiger partial charge in [0.15, 0.2) is 114 Å². The van der Waals surface area contributed by atoms with Crippen LogP contribution in [-0.2, 0) is 23.7 Å². The SMILES string of the molecule is CC1(OC(=O)c2cc(O)c(O)c(O)c2)COC(=O)c2cc(O)c(O)c(O)c2-c2c(O)c(O)c3oc(=O)c4c(c(O)c(O)c5oc(=O)c2c3c54)-c2c(cc(O)c(O)c2O)C(=O)OC1(C)C(C)(OC(=O)c1cc(O)c(O)c(O)c1)C1(C)OC(=O)c2cc(O)c(O)c(O)c2C1O. The monoisotopic (exact) mass is 1290 g/mol. The number of carbonyl (C=O) groups excluding carboxylic acids is 5. The Balaban J connectivity index is 1.34. The molecule has 2 aliphatic rings. The minimum atomic E-state index is -3.93. The highest BCUT2D eigenvalue weighted by atomic mass is 16.7. The van der Waals surface area contributed by atoms with E-state index < -0.39 is 274 Å². The predicted molar refractivity (Wildman–Crippen MR) is 300 cm³/mol. The van der Waals surface area contributed by atoms with Crippen LogP contribution in [-0.4, -0.2) is 161 Å². The van der Waals surface area contributed by atoms with Crippen LogP contribution in [0, 0.1) is 0 Å². The summed E-state index contributed by atoms with van der Waals surface area (Å²) < 4.78 is 40.9. The minimum absolute atomic E-state index is 0.162. The van der Waals surface area contributed by atoms with Crippen LogP contribution < -0.4 is 11.3 Å². The van der Waals surface area contributed by atoms with Crippen molar-refractivity contribution >= 4 is 62.6 Å². The van der Waals surface area contributed by atoms with Gasteiger partial charge in [0.25, 0.3) is 0 Å². The van der Waals surface area contributed by atoms with E-state index in [9.17, 15) is 117 Å². The number of aliphatic hydroxyl groups is 1. The van der Waals surface area contributed by atoms with Gasteiger partial charge in [-0.2, -0.15) is 0 Å². The van der Waals surface area contributed by atoms with Crippen molar-refractivity contribution in [3.05, 3.63) is 96.7 Å². The van der Waals surface area contributed by atoms with Crippen molar-refractivity contribution in [1.29, 1.82) is 0 Å². The molecular formula is C59H42O34. The molecule has 5 unspecified atom stereocenters. The van der Waals surface area contributed by atoms with E-state index in [1.54, 1.807) is 0 Å². The molecule has 6 bridgehead atoms. The van der Waals surface area contributed by atoms with Gasteiger partial charge in [0.05, 0.1) is 38.6 Å². The second kappa shape index (κ2) is 20.0. The van der Waals surface area contributed by atoms with Crippen molar-refractivity contribution in [2.24, 2.45) is 0 Å². The van der Waals surface area contributed by atoms with E-state index in [1.165, 1.54) is 0 Å². The first-order valence-electron chi connectivity index (χ1n) is 26.1. The second-order valence-electron chi connectivity index (χ2n) is 21.8. The largest absolute Gasteiger partial charge is 0.504 e. The normalized spacial score (nSPS) is 19.5. The molecule has 34 nitrogen and oxygen atoms in total. The lowest BCUT2D eigenvalue weighted by molar-refractivity contribution is -0.299. The van der Waals surface area contributed by atoms with Crippen LogP contribution in [0.5, 0.6) is 109 Å². The number of ether oxygens (including phenoxy) is 5. The van der Waals surface area contributed by atoms with Crippen LogP contribution in [0.1, 0.15) is 91.2 Å². The molecule has 11 rings (SSSR count). The highest BCUT2D eigenvalue weighted by Gasteiger charge is 2.75. The highest BCUT2D eigenvalue weighted by Crippen LogP contribution is 2.62. The van der Waals surface area contributed by atoms with E-state index in [1.807, 2.05) is 0 Å². The number of rotatable bonds is 6. The first kappa shape index (κ1) is 61.6. The van der Waals surface area contributed by atoms with Crippen LogP contribution in [0.15, 0.2) is 60.9 Å². The van der Waals surface area contributed by atoms with Crippen molar-refractivity contribution in [3.8, 4) is 131 Å². The Morgan fingerprint density at radius 2 is 0.806 bits per heavy atom. The number of esters is 5. The van der Waals surface area contributed by atoms with E-state index in [0.29, 0.717) is 58.0 Å². The van der Waals surface area contributed by atoms with Crippen LogP contribution >= 0.6 is 0 Å². The summed E-state index contributed by atoms with van der Waals surface area (Å²) in [5, 5.41) is 221. The molecule has 0 radical (unpaired) electrons. The van der Waals surface area contributed by atoms with Gasteiger partial charge in [-0.25, -0.2) is 33.6 Å². The van der Waals surface area contributed by atoms with Gasteiger partial charge in [-0.3, -0.25) is 0 Å². The first-order chi connectivity index (χ1) is 43.3. The molecule has 4 heterocycles. The number of phenolic OH excluding ortho intramolecular Hbond substituents is 19. The number of aromatic hydroxyl groups is 19. The summed E-state index contributed by atoms with van der Waals surface area (Å²) in [6.45, 7) is 0.138. The topological polar surface area (TPSA) is 597 Å². The maximum atomic E-state index is 16.1. The summed E-state index contributed by atoms with van der Waals surface area (Å²) in [5.74, 6) is -38.8. The van der Waals surface area contributed by atoms with Crippen molar-refractivity contribution in [2.45, 2.75) is 56.2 Å². The molecular weight excluding hydrogens is 1250 g/mol. The average molecular weight is 1290 g/mol. The Kier molecular flexibility index (Phi) is 13.3. The maximum Gasteiger partial charge on any atom is 0.345 e. The fraction of sp³-hybridized carbons (Fsp3) is 0.169. The van der Waals surface area contributed by atoms with E-state index in [0.717, 1.165) is 0 Å². The van der Waals surface area contributed by atoms with Gasteiger partial charge in [-0.05, 0) is 70.2 Å². The lowest BCUT2D eigenvalue weighted by Gasteiger charge is -2.59. The molecule has 0 aliphatic carbocycles. The zero-order chi connectivity index (χ0) is 68.4. The second-order valence-corrected chi connectivity index (χ2v) is 21.8. The molecule has 0 saturated heterocycles. The van der Waals surface area contributed by atoms with Crippen molar-refractivity contribution < 1.29 is 159 Å². The molecule has 20 N–H and O–H groups in total. The number of benzene rings is 7. The molecule has 93 heavy (non-hydrogen) atoms. The number of phenols is 19. The molecule has 2 aliphatic heterocycles.